The highest BCUT2D eigenvalue weighted by atomic mass is 16.3. The second-order valence-corrected chi connectivity index (χ2v) is 3.52. The first-order valence-electron chi connectivity index (χ1n) is 6.76. The lowest BCUT2D eigenvalue weighted by atomic mass is 10.4. The highest BCUT2D eigenvalue weighted by molar-refractivity contribution is 4.83. The number of nitrogens with zero attached hydrogens (tertiary/aromatic N) is 1. The second-order valence-electron chi connectivity index (χ2n) is 3.52. The maximum Gasteiger partial charge on any atom is 0.0991 e. The molecule has 0 aromatic rings. The molecule has 0 amide bonds. The molecule has 0 aromatic carbocycles. The molecule has 0 aromatic heterocycles. The SMILES string of the molecule is C=C(O)CN(CCN)CCNC.CC.CCCN. The number of hydrogen-bond donors (Lipinski definition) is 4. The molecule has 6 N–H and O–H groups in total. The molecule has 0 aliphatic rings. The molecular formula is C13H34N4O. The zero-order valence-corrected chi connectivity index (χ0v) is 12.7. The third-order valence-corrected chi connectivity index (χ3v) is 1.82. The standard InChI is InChI=1S/C8H19N3O.C3H9N.C2H6/c1-8(12)7-11(5-3-9)6-4-10-2;1-2-3-4;1-2/h10,12H,1,3-7,9H2,2H3;2-4H2,1H3;1-2H3. The van der Waals surface area contributed by atoms with Gasteiger partial charge < -0.3 is 21.9 Å². The first-order chi connectivity index (χ1) is 8.62. The van der Waals surface area contributed by atoms with Crippen molar-refractivity contribution in [2.45, 2.75) is 27.2 Å². The Balaban J connectivity index is -0.000000317. The van der Waals surface area contributed by atoms with Crippen LogP contribution in [0.4, 0.5) is 0 Å². The predicted molar refractivity (Wildman–Crippen MR) is 81.9 cm³/mol. The van der Waals surface area contributed by atoms with E-state index in [-0.39, 0.29) is 5.76 Å². The van der Waals surface area contributed by atoms with E-state index in [1.54, 1.807) is 0 Å². The summed E-state index contributed by atoms with van der Waals surface area (Å²) in [6, 6.07) is 0. The van der Waals surface area contributed by atoms with Gasteiger partial charge in [-0.15, -0.1) is 0 Å². The maximum atomic E-state index is 8.95. The third kappa shape index (κ3) is 24.6. The molecule has 0 saturated carbocycles. The first kappa shape index (κ1) is 22.6. The number of aliphatic hydroxyl groups is 1. The molecule has 0 bridgehead atoms. The molecule has 0 heterocycles. The van der Waals surface area contributed by atoms with E-state index in [4.69, 9.17) is 16.6 Å². The number of aliphatic hydroxyl groups excluding tert-OH is 1. The summed E-state index contributed by atoms with van der Waals surface area (Å²) in [4.78, 5) is 2.05. The Hall–Kier alpha value is -0.620. The van der Waals surface area contributed by atoms with Crippen molar-refractivity contribution in [2.24, 2.45) is 11.5 Å². The first-order valence-corrected chi connectivity index (χ1v) is 6.76. The third-order valence-electron chi connectivity index (χ3n) is 1.82. The van der Waals surface area contributed by atoms with Crippen molar-refractivity contribution in [3.05, 3.63) is 12.3 Å². The van der Waals surface area contributed by atoms with Gasteiger partial charge in [0, 0.05) is 26.2 Å². The van der Waals surface area contributed by atoms with Crippen LogP contribution in [0.2, 0.25) is 0 Å². The van der Waals surface area contributed by atoms with Crippen LogP contribution in [0.25, 0.3) is 0 Å². The zero-order chi connectivity index (χ0) is 14.8. The van der Waals surface area contributed by atoms with Crippen LogP contribution in [0, 0.1) is 0 Å². The van der Waals surface area contributed by atoms with Crippen molar-refractivity contribution < 1.29 is 5.11 Å². The molecule has 0 fully saturated rings. The minimum atomic E-state index is 0.194. The fourth-order valence-electron chi connectivity index (χ4n) is 0.981. The van der Waals surface area contributed by atoms with E-state index < -0.39 is 0 Å². The number of hydrogen-bond acceptors (Lipinski definition) is 5. The Morgan fingerprint density at radius 1 is 1.22 bits per heavy atom. The van der Waals surface area contributed by atoms with E-state index in [0.717, 1.165) is 32.6 Å². The summed E-state index contributed by atoms with van der Waals surface area (Å²) in [5, 5.41) is 12.0. The Morgan fingerprint density at radius 2 is 1.72 bits per heavy atom. The molecular weight excluding hydrogens is 228 g/mol. The summed E-state index contributed by atoms with van der Waals surface area (Å²) in [5.41, 5.74) is 10.4. The summed E-state index contributed by atoms with van der Waals surface area (Å²) >= 11 is 0. The maximum absolute atomic E-state index is 8.95. The van der Waals surface area contributed by atoms with Gasteiger partial charge in [-0.05, 0) is 20.0 Å². The topological polar surface area (TPSA) is 87.5 Å². The van der Waals surface area contributed by atoms with Crippen LogP contribution in [-0.2, 0) is 0 Å². The fourth-order valence-corrected chi connectivity index (χ4v) is 0.981. The largest absolute Gasteiger partial charge is 0.512 e. The molecule has 0 aliphatic heterocycles. The Kier molecular flexibility index (Phi) is 27.1. The average molecular weight is 262 g/mol. The van der Waals surface area contributed by atoms with Crippen molar-refractivity contribution in [1.29, 1.82) is 0 Å². The summed E-state index contributed by atoms with van der Waals surface area (Å²) in [6.07, 6.45) is 1.10. The summed E-state index contributed by atoms with van der Waals surface area (Å²) in [6.45, 7) is 14.0. The van der Waals surface area contributed by atoms with Crippen LogP contribution in [0.3, 0.4) is 0 Å². The van der Waals surface area contributed by atoms with Crippen molar-refractivity contribution >= 4 is 0 Å². The molecule has 0 atom stereocenters. The lowest BCUT2D eigenvalue weighted by Gasteiger charge is -2.20. The van der Waals surface area contributed by atoms with E-state index >= 15 is 0 Å². The molecule has 0 radical (unpaired) electrons. The van der Waals surface area contributed by atoms with Crippen LogP contribution in [0.1, 0.15) is 27.2 Å². The van der Waals surface area contributed by atoms with Crippen molar-refractivity contribution in [3.8, 4) is 0 Å². The quantitative estimate of drug-likeness (QED) is 0.489. The van der Waals surface area contributed by atoms with Gasteiger partial charge in [-0.25, -0.2) is 0 Å². The molecule has 5 heteroatoms. The minimum Gasteiger partial charge on any atom is -0.512 e. The lowest BCUT2D eigenvalue weighted by Crippen LogP contribution is -2.36. The molecule has 112 valence electrons. The van der Waals surface area contributed by atoms with Crippen LogP contribution in [-0.4, -0.2) is 56.3 Å². The van der Waals surface area contributed by atoms with Crippen LogP contribution in [0.15, 0.2) is 12.3 Å². The van der Waals surface area contributed by atoms with E-state index in [9.17, 15) is 0 Å². The molecule has 0 aliphatic carbocycles. The van der Waals surface area contributed by atoms with E-state index in [0.29, 0.717) is 13.1 Å². The lowest BCUT2D eigenvalue weighted by molar-refractivity contribution is 0.257. The van der Waals surface area contributed by atoms with Gasteiger partial charge in [0.05, 0.1) is 12.3 Å². The second kappa shape index (κ2) is 21.6. The number of nitrogens with one attached hydrogen (secondary N) is 1. The van der Waals surface area contributed by atoms with Gasteiger partial charge in [0.15, 0.2) is 0 Å². The number of rotatable bonds is 8. The summed E-state index contributed by atoms with van der Waals surface area (Å²) < 4.78 is 0. The van der Waals surface area contributed by atoms with Gasteiger partial charge in [-0.3, -0.25) is 4.90 Å². The molecule has 0 unspecified atom stereocenters. The Labute approximate surface area is 113 Å². The van der Waals surface area contributed by atoms with E-state index in [1.165, 1.54) is 0 Å². The van der Waals surface area contributed by atoms with Crippen LogP contribution >= 0.6 is 0 Å². The molecule has 0 saturated heterocycles. The summed E-state index contributed by atoms with van der Waals surface area (Å²) in [5.74, 6) is 0.194. The fraction of sp³-hybridized carbons (Fsp3) is 0.846. The molecule has 0 spiro atoms. The van der Waals surface area contributed by atoms with E-state index in [1.807, 2.05) is 20.9 Å². The van der Waals surface area contributed by atoms with E-state index in [2.05, 4.69) is 23.7 Å². The van der Waals surface area contributed by atoms with Gasteiger partial charge in [0.2, 0.25) is 0 Å². The van der Waals surface area contributed by atoms with Gasteiger partial charge in [0.25, 0.3) is 0 Å². The zero-order valence-electron chi connectivity index (χ0n) is 12.7. The highest BCUT2D eigenvalue weighted by Gasteiger charge is 2.03. The van der Waals surface area contributed by atoms with Crippen molar-refractivity contribution in [1.82, 2.24) is 10.2 Å². The van der Waals surface area contributed by atoms with Crippen molar-refractivity contribution in [2.75, 3.05) is 46.3 Å². The number of likely N-dealkylation sites (N-methyl/N-ethyl adjacent to an activating group) is 1. The van der Waals surface area contributed by atoms with Gasteiger partial charge in [-0.2, -0.15) is 0 Å². The molecule has 18 heavy (non-hydrogen) atoms. The minimum absolute atomic E-state index is 0.194. The average Bonchev–Trinajstić information content (AvgIpc) is 2.38. The normalized spacial score (nSPS) is 9.06. The Bertz CT molecular complexity index is 152. The monoisotopic (exact) mass is 262 g/mol. The van der Waals surface area contributed by atoms with Crippen LogP contribution in [0.5, 0.6) is 0 Å². The predicted octanol–water partition coefficient (Wildman–Crippen LogP) is 0.920. The van der Waals surface area contributed by atoms with Gasteiger partial charge in [-0.1, -0.05) is 27.4 Å². The van der Waals surface area contributed by atoms with Gasteiger partial charge >= 0.3 is 0 Å². The summed E-state index contributed by atoms with van der Waals surface area (Å²) in [7, 11) is 1.90. The van der Waals surface area contributed by atoms with Crippen molar-refractivity contribution in [3.63, 3.8) is 0 Å². The smallest absolute Gasteiger partial charge is 0.0991 e. The number of nitrogens with two attached hydrogens (primary N) is 2. The van der Waals surface area contributed by atoms with Gasteiger partial charge in [0.1, 0.15) is 0 Å². The van der Waals surface area contributed by atoms with Crippen LogP contribution < -0.4 is 16.8 Å². The molecule has 0 rings (SSSR count). The Morgan fingerprint density at radius 3 is 2.00 bits per heavy atom. The molecule has 5 nitrogen and oxygen atoms in total. The highest BCUT2D eigenvalue weighted by Crippen LogP contribution is 1.91.